The van der Waals surface area contributed by atoms with Gasteiger partial charge in [-0.15, -0.1) is 0 Å². The summed E-state index contributed by atoms with van der Waals surface area (Å²) in [6, 6.07) is 20.1. The van der Waals surface area contributed by atoms with E-state index in [4.69, 9.17) is 0 Å². The quantitative estimate of drug-likeness (QED) is 0.188. The smallest absolute Gasteiger partial charge is 0.207 e. The molecule has 0 radical (unpaired) electrons. The Balaban J connectivity index is 1.68. The van der Waals surface area contributed by atoms with E-state index in [1.165, 1.54) is 18.2 Å². The first-order valence-corrected chi connectivity index (χ1v) is 10.6. The lowest BCUT2D eigenvalue weighted by molar-refractivity contribution is -0.150. The summed E-state index contributed by atoms with van der Waals surface area (Å²) < 4.78 is 55.0. The van der Waals surface area contributed by atoms with Crippen molar-refractivity contribution in [1.29, 1.82) is 0 Å². The van der Waals surface area contributed by atoms with Gasteiger partial charge in [0.05, 0.1) is 5.92 Å². The number of halogens is 4. The summed E-state index contributed by atoms with van der Waals surface area (Å²) in [7, 11) is 0. The molecule has 0 N–H and O–H groups in total. The summed E-state index contributed by atoms with van der Waals surface area (Å²) in [4.78, 5) is 0. The van der Waals surface area contributed by atoms with Gasteiger partial charge in [-0.2, -0.15) is 13.2 Å². The molecular formula is C28H26F4. The third kappa shape index (κ3) is 6.68. The molecule has 3 aromatic carbocycles. The highest BCUT2D eigenvalue weighted by Crippen LogP contribution is 2.37. The number of allylic oxidation sites excluding steroid dienone is 2. The van der Waals surface area contributed by atoms with Gasteiger partial charge < -0.3 is 0 Å². The summed E-state index contributed by atoms with van der Waals surface area (Å²) in [6.45, 7) is 1.94. The maximum Gasteiger partial charge on any atom is 0.396 e. The van der Waals surface area contributed by atoms with E-state index in [9.17, 15) is 17.6 Å². The van der Waals surface area contributed by atoms with Gasteiger partial charge in [0, 0.05) is 0 Å². The molecule has 0 nitrogen and oxygen atoms in total. The Hall–Kier alpha value is -3.14. The Morgan fingerprint density at radius 3 is 2.12 bits per heavy atom. The number of alkyl halides is 3. The van der Waals surface area contributed by atoms with Crippen LogP contribution >= 0.6 is 0 Å². The summed E-state index contributed by atoms with van der Waals surface area (Å²) >= 11 is 0. The predicted molar refractivity (Wildman–Crippen MR) is 124 cm³/mol. The molecule has 0 fully saturated rings. The highest BCUT2D eigenvalue weighted by atomic mass is 19.4. The van der Waals surface area contributed by atoms with E-state index in [0.717, 1.165) is 17.5 Å². The zero-order chi connectivity index (χ0) is 23.0. The Morgan fingerprint density at radius 2 is 1.50 bits per heavy atom. The SMILES string of the molecule is CC=CCCc1ccc(C=Cc2ccc(C[C@@H](c3ccccc3)C(F)(F)F)cc2)cc1F. The summed E-state index contributed by atoms with van der Waals surface area (Å²) in [5.41, 5.74) is 3.14. The highest BCUT2D eigenvalue weighted by Gasteiger charge is 2.40. The van der Waals surface area contributed by atoms with Crippen LogP contribution in [0.1, 0.15) is 47.1 Å². The van der Waals surface area contributed by atoms with Gasteiger partial charge in [0.25, 0.3) is 0 Å². The normalized spacial score (nSPS) is 13.2. The van der Waals surface area contributed by atoms with Gasteiger partial charge in [-0.05, 0) is 60.1 Å². The van der Waals surface area contributed by atoms with Crippen LogP contribution in [0, 0.1) is 5.82 Å². The van der Waals surface area contributed by atoms with Crippen LogP contribution in [0.4, 0.5) is 17.6 Å². The van der Waals surface area contributed by atoms with Gasteiger partial charge in [0.2, 0.25) is 0 Å². The monoisotopic (exact) mass is 438 g/mol. The van der Waals surface area contributed by atoms with Crippen LogP contribution in [-0.2, 0) is 12.8 Å². The molecule has 32 heavy (non-hydrogen) atoms. The molecule has 0 bridgehead atoms. The molecule has 0 aliphatic rings. The first kappa shape index (κ1) is 23.5. The van der Waals surface area contributed by atoms with Gasteiger partial charge in [-0.25, -0.2) is 4.39 Å². The molecule has 0 amide bonds. The van der Waals surface area contributed by atoms with Gasteiger partial charge >= 0.3 is 6.18 Å². The van der Waals surface area contributed by atoms with Gasteiger partial charge in [0.1, 0.15) is 5.82 Å². The van der Waals surface area contributed by atoms with Gasteiger partial charge in [-0.3, -0.25) is 0 Å². The number of hydrogen-bond donors (Lipinski definition) is 0. The molecule has 4 heteroatoms. The minimum absolute atomic E-state index is 0.114. The zero-order valence-corrected chi connectivity index (χ0v) is 17.9. The second kappa shape index (κ2) is 10.9. The van der Waals surface area contributed by atoms with E-state index in [0.29, 0.717) is 17.5 Å². The highest BCUT2D eigenvalue weighted by molar-refractivity contribution is 5.69. The predicted octanol–water partition coefficient (Wildman–Crippen LogP) is 8.39. The second-order valence-electron chi connectivity index (χ2n) is 7.74. The molecular weight excluding hydrogens is 412 g/mol. The first-order valence-electron chi connectivity index (χ1n) is 10.6. The topological polar surface area (TPSA) is 0 Å². The van der Waals surface area contributed by atoms with Gasteiger partial charge in [0.15, 0.2) is 0 Å². The van der Waals surface area contributed by atoms with E-state index in [1.807, 2.05) is 31.2 Å². The maximum absolute atomic E-state index is 14.3. The van der Waals surface area contributed by atoms with Crippen LogP contribution in [0.2, 0.25) is 0 Å². The molecule has 3 rings (SSSR count). The Labute approximate surface area is 186 Å². The van der Waals surface area contributed by atoms with Crippen LogP contribution in [0.25, 0.3) is 12.2 Å². The van der Waals surface area contributed by atoms with Crippen molar-refractivity contribution >= 4 is 12.2 Å². The molecule has 0 aliphatic carbocycles. The number of aryl methyl sites for hydroxylation is 1. The fourth-order valence-corrected chi connectivity index (χ4v) is 3.58. The van der Waals surface area contributed by atoms with Crippen LogP contribution < -0.4 is 0 Å². The Morgan fingerprint density at radius 1 is 0.844 bits per heavy atom. The number of hydrogen-bond acceptors (Lipinski definition) is 0. The number of benzene rings is 3. The summed E-state index contributed by atoms with van der Waals surface area (Å²) in [6.07, 6.45) is 4.62. The zero-order valence-electron chi connectivity index (χ0n) is 17.9. The van der Waals surface area contributed by atoms with E-state index in [1.54, 1.807) is 54.6 Å². The fourth-order valence-electron chi connectivity index (χ4n) is 3.58. The minimum atomic E-state index is -4.32. The van der Waals surface area contributed by atoms with Crippen LogP contribution in [-0.4, -0.2) is 6.18 Å². The van der Waals surface area contributed by atoms with Crippen molar-refractivity contribution in [2.75, 3.05) is 0 Å². The van der Waals surface area contributed by atoms with E-state index in [-0.39, 0.29) is 17.8 Å². The van der Waals surface area contributed by atoms with Crippen molar-refractivity contribution in [2.45, 2.75) is 38.3 Å². The van der Waals surface area contributed by atoms with Crippen molar-refractivity contribution in [2.24, 2.45) is 0 Å². The molecule has 0 heterocycles. The number of rotatable bonds is 8. The molecule has 0 unspecified atom stereocenters. The lowest BCUT2D eigenvalue weighted by Crippen LogP contribution is -2.22. The summed E-state index contributed by atoms with van der Waals surface area (Å²) in [5, 5.41) is 0. The van der Waals surface area contributed by atoms with Crippen molar-refractivity contribution < 1.29 is 17.6 Å². The second-order valence-corrected chi connectivity index (χ2v) is 7.74. The Kier molecular flexibility index (Phi) is 8.04. The largest absolute Gasteiger partial charge is 0.396 e. The average molecular weight is 439 g/mol. The van der Waals surface area contributed by atoms with Crippen molar-refractivity contribution in [1.82, 2.24) is 0 Å². The minimum Gasteiger partial charge on any atom is -0.207 e. The van der Waals surface area contributed by atoms with Crippen molar-refractivity contribution in [3.05, 3.63) is 119 Å². The molecule has 3 aromatic rings. The molecule has 0 saturated heterocycles. The standard InChI is InChI=1S/C28H26F4/c1-2-3-5-10-25-18-17-23(20-27(25)29)16-13-21-11-14-22(15-12-21)19-26(28(30,31)32)24-8-6-4-7-9-24/h2-4,6-9,11-18,20,26H,5,10,19H2,1H3/t26-/m0/s1. The molecule has 0 spiro atoms. The molecule has 0 aliphatic heterocycles. The fraction of sp³-hybridized carbons (Fsp3) is 0.214. The van der Waals surface area contributed by atoms with Gasteiger partial charge in [-0.1, -0.05) is 91.0 Å². The molecule has 166 valence electrons. The third-order valence-electron chi connectivity index (χ3n) is 5.38. The van der Waals surface area contributed by atoms with Crippen molar-refractivity contribution in [3.63, 3.8) is 0 Å². The third-order valence-corrected chi connectivity index (χ3v) is 5.38. The van der Waals surface area contributed by atoms with E-state index >= 15 is 0 Å². The first-order chi connectivity index (χ1) is 15.4. The molecule has 0 aromatic heterocycles. The lowest BCUT2D eigenvalue weighted by atomic mass is 9.91. The van der Waals surface area contributed by atoms with Crippen LogP contribution in [0.3, 0.4) is 0 Å². The lowest BCUT2D eigenvalue weighted by Gasteiger charge is -2.21. The summed E-state index contributed by atoms with van der Waals surface area (Å²) in [5.74, 6) is -1.77. The van der Waals surface area contributed by atoms with E-state index < -0.39 is 12.1 Å². The average Bonchev–Trinajstić information content (AvgIpc) is 2.78. The Bertz CT molecular complexity index is 1050. The molecule has 1 atom stereocenters. The van der Waals surface area contributed by atoms with Crippen molar-refractivity contribution in [3.8, 4) is 0 Å². The van der Waals surface area contributed by atoms with E-state index in [2.05, 4.69) is 0 Å². The van der Waals surface area contributed by atoms with Crippen LogP contribution in [0.15, 0.2) is 84.9 Å². The van der Waals surface area contributed by atoms with Crippen LogP contribution in [0.5, 0.6) is 0 Å². The molecule has 0 saturated carbocycles. The maximum atomic E-state index is 14.3.